The second-order valence-corrected chi connectivity index (χ2v) is 4.84. The maximum Gasteiger partial charge on any atom is 0.126 e. The van der Waals surface area contributed by atoms with Gasteiger partial charge in [-0.3, -0.25) is 0 Å². The molecule has 0 amide bonds. The van der Waals surface area contributed by atoms with Gasteiger partial charge < -0.3 is 10.5 Å². The van der Waals surface area contributed by atoms with Gasteiger partial charge in [0.15, 0.2) is 0 Å². The van der Waals surface area contributed by atoms with Gasteiger partial charge in [-0.1, -0.05) is 30.3 Å². The second kappa shape index (κ2) is 7.06. The highest BCUT2D eigenvalue weighted by Gasteiger charge is 2.09. The Hall–Kier alpha value is -1.87. The van der Waals surface area contributed by atoms with Gasteiger partial charge in [0, 0.05) is 6.04 Å². The van der Waals surface area contributed by atoms with Gasteiger partial charge >= 0.3 is 0 Å². The molecule has 0 bridgehead atoms. The van der Waals surface area contributed by atoms with Crippen LogP contribution in [0.3, 0.4) is 0 Å². The van der Waals surface area contributed by atoms with Gasteiger partial charge in [0.25, 0.3) is 0 Å². The molecule has 2 rings (SSSR count). The number of hydrogen-bond donors (Lipinski definition) is 1. The van der Waals surface area contributed by atoms with E-state index in [-0.39, 0.29) is 11.9 Å². The Morgan fingerprint density at radius 3 is 2.40 bits per heavy atom. The van der Waals surface area contributed by atoms with Crippen LogP contribution in [0, 0.1) is 5.82 Å². The standard InChI is InChI=1S/C17H20FNO/c1-2-20-16-9-7-13(8-10-16)11-15(19)12-14-5-3-4-6-17(14)18/h3-10,15H,2,11-12,19H2,1H3. The highest BCUT2D eigenvalue weighted by Crippen LogP contribution is 2.15. The monoisotopic (exact) mass is 273 g/mol. The van der Waals surface area contributed by atoms with Crippen LogP contribution in [0.2, 0.25) is 0 Å². The maximum atomic E-state index is 13.6. The molecule has 0 fully saturated rings. The number of ether oxygens (including phenoxy) is 1. The number of hydrogen-bond acceptors (Lipinski definition) is 2. The van der Waals surface area contributed by atoms with Crippen LogP contribution < -0.4 is 10.5 Å². The molecule has 0 heterocycles. The van der Waals surface area contributed by atoms with Crippen LogP contribution in [0.1, 0.15) is 18.1 Å². The Bertz CT molecular complexity index is 539. The molecule has 0 saturated heterocycles. The molecular weight excluding hydrogens is 253 g/mol. The maximum absolute atomic E-state index is 13.6. The smallest absolute Gasteiger partial charge is 0.126 e. The Morgan fingerprint density at radius 2 is 1.75 bits per heavy atom. The van der Waals surface area contributed by atoms with Crippen molar-refractivity contribution in [2.75, 3.05) is 6.61 Å². The third-order valence-electron chi connectivity index (χ3n) is 3.17. The molecule has 0 saturated carbocycles. The summed E-state index contributed by atoms with van der Waals surface area (Å²) in [6.07, 6.45) is 1.26. The van der Waals surface area contributed by atoms with Gasteiger partial charge in [0.05, 0.1) is 6.61 Å². The summed E-state index contributed by atoms with van der Waals surface area (Å²) in [6, 6.07) is 14.6. The van der Waals surface area contributed by atoms with Crippen molar-refractivity contribution >= 4 is 0 Å². The van der Waals surface area contributed by atoms with Crippen LogP contribution in [0.5, 0.6) is 5.75 Å². The second-order valence-electron chi connectivity index (χ2n) is 4.84. The SMILES string of the molecule is CCOc1ccc(CC(N)Cc2ccccc2F)cc1. The van der Waals surface area contributed by atoms with Gasteiger partial charge in [0.1, 0.15) is 11.6 Å². The Balaban J connectivity index is 1.94. The molecule has 2 nitrogen and oxygen atoms in total. The number of rotatable bonds is 6. The van der Waals surface area contributed by atoms with Crippen LogP contribution in [0.15, 0.2) is 48.5 Å². The van der Waals surface area contributed by atoms with Gasteiger partial charge in [-0.25, -0.2) is 4.39 Å². The first-order chi connectivity index (χ1) is 9.69. The van der Waals surface area contributed by atoms with Gasteiger partial charge in [-0.05, 0) is 49.1 Å². The molecule has 20 heavy (non-hydrogen) atoms. The van der Waals surface area contributed by atoms with Crippen molar-refractivity contribution in [1.29, 1.82) is 0 Å². The van der Waals surface area contributed by atoms with Crippen LogP contribution in [0.25, 0.3) is 0 Å². The summed E-state index contributed by atoms with van der Waals surface area (Å²) in [6.45, 7) is 2.62. The van der Waals surface area contributed by atoms with E-state index in [4.69, 9.17) is 10.5 Å². The minimum atomic E-state index is -0.186. The van der Waals surface area contributed by atoms with E-state index in [0.717, 1.165) is 17.7 Å². The zero-order valence-corrected chi connectivity index (χ0v) is 11.7. The number of nitrogens with two attached hydrogens (primary N) is 1. The summed E-state index contributed by atoms with van der Waals surface area (Å²) in [5.74, 6) is 0.675. The van der Waals surface area contributed by atoms with Crippen LogP contribution in [-0.2, 0) is 12.8 Å². The molecule has 1 atom stereocenters. The van der Waals surface area contributed by atoms with Crippen molar-refractivity contribution in [2.24, 2.45) is 5.73 Å². The molecule has 106 valence electrons. The van der Waals surface area contributed by atoms with E-state index >= 15 is 0 Å². The highest BCUT2D eigenvalue weighted by molar-refractivity contribution is 5.28. The molecule has 0 aromatic heterocycles. The van der Waals surface area contributed by atoms with Crippen LogP contribution in [-0.4, -0.2) is 12.6 Å². The van der Waals surface area contributed by atoms with Gasteiger partial charge in [-0.15, -0.1) is 0 Å². The third-order valence-corrected chi connectivity index (χ3v) is 3.17. The molecule has 3 heteroatoms. The minimum absolute atomic E-state index is 0.0927. The number of halogens is 1. The third kappa shape index (κ3) is 4.07. The van der Waals surface area contributed by atoms with E-state index in [2.05, 4.69) is 0 Å². The molecule has 0 aliphatic rings. The molecule has 2 aromatic carbocycles. The Morgan fingerprint density at radius 1 is 1.05 bits per heavy atom. The highest BCUT2D eigenvalue weighted by atomic mass is 19.1. The first kappa shape index (κ1) is 14.5. The first-order valence-electron chi connectivity index (χ1n) is 6.89. The molecule has 0 aliphatic carbocycles. The lowest BCUT2D eigenvalue weighted by atomic mass is 9.99. The normalized spacial score (nSPS) is 12.2. The molecular formula is C17H20FNO. The topological polar surface area (TPSA) is 35.2 Å². The molecule has 2 aromatic rings. The fourth-order valence-corrected chi connectivity index (χ4v) is 2.21. The summed E-state index contributed by atoms with van der Waals surface area (Å²) in [4.78, 5) is 0. The van der Waals surface area contributed by atoms with E-state index < -0.39 is 0 Å². The summed E-state index contributed by atoms with van der Waals surface area (Å²) < 4.78 is 19.0. The van der Waals surface area contributed by atoms with Crippen molar-refractivity contribution in [3.8, 4) is 5.75 Å². The Kier molecular flexibility index (Phi) is 5.13. The summed E-state index contributed by atoms with van der Waals surface area (Å²) in [5.41, 5.74) is 7.91. The fourth-order valence-electron chi connectivity index (χ4n) is 2.21. The van der Waals surface area contributed by atoms with Crippen molar-refractivity contribution in [3.63, 3.8) is 0 Å². The van der Waals surface area contributed by atoms with Gasteiger partial charge in [-0.2, -0.15) is 0 Å². The van der Waals surface area contributed by atoms with Crippen molar-refractivity contribution in [3.05, 3.63) is 65.5 Å². The predicted molar refractivity (Wildman–Crippen MR) is 79.4 cm³/mol. The Labute approximate surface area is 119 Å². The van der Waals surface area contributed by atoms with E-state index in [1.807, 2.05) is 37.3 Å². The summed E-state index contributed by atoms with van der Waals surface area (Å²) in [5, 5.41) is 0. The molecule has 0 radical (unpaired) electrons. The summed E-state index contributed by atoms with van der Waals surface area (Å²) >= 11 is 0. The minimum Gasteiger partial charge on any atom is -0.494 e. The molecule has 0 spiro atoms. The quantitative estimate of drug-likeness (QED) is 0.876. The number of benzene rings is 2. The lowest BCUT2D eigenvalue weighted by Crippen LogP contribution is -2.25. The van der Waals surface area contributed by atoms with Gasteiger partial charge in [0.2, 0.25) is 0 Å². The first-order valence-corrected chi connectivity index (χ1v) is 6.89. The summed E-state index contributed by atoms with van der Waals surface area (Å²) in [7, 11) is 0. The molecule has 1 unspecified atom stereocenters. The fraction of sp³-hybridized carbons (Fsp3) is 0.294. The average Bonchev–Trinajstić information content (AvgIpc) is 2.44. The average molecular weight is 273 g/mol. The van der Waals surface area contributed by atoms with Crippen LogP contribution in [0.4, 0.5) is 4.39 Å². The predicted octanol–water partition coefficient (Wildman–Crippen LogP) is 3.34. The van der Waals surface area contributed by atoms with E-state index in [9.17, 15) is 4.39 Å². The van der Waals surface area contributed by atoms with Crippen molar-refractivity contribution in [2.45, 2.75) is 25.8 Å². The molecule has 0 aliphatic heterocycles. The molecule has 2 N–H and O–H groups in total. The van der Waals surface area contributed by atoms with Crippen LogP contribution >= 0.6 is 0 Å². The zero-order chi connectivity index (χ0) is 14.4. The van der Waals surface area contributed by atoms with E-state index in [1.54, 1.807) is 12.1 Å². The zero-order valence-electron chi connectivity index (χ0n) is 11.7. The van der Waals surface area contributed by atoms with E-state index in [1.165, 1.54) is 6.07 Å². The van der Waals surface area contributed by atoms with Crippen molar-refractivity contribution < 1.29 is 9.13 Å². The lowest BCUT2D eigenvalue weighted by molar-refractivity contribution is 0.340. The largest absolute Gasteiger partial charge is 0.494 e. The van der Waals surface area contributed by atoms with E-state index in [0.29, 0.717) is 18.6 Å². The van der Waals surface area contributed by atoms with Crippen molar-refractivity contribution in [1.82, 2.24) is 0 Å². The lowest BCUT2D eigenvalue weighted by Gasteiger charge is -2.13.